The molecule has 20 heavy (non-hydrogen) atoms. The lowest BCUT2D eigenvalue weighted by Gasteiger charge is -2.26. The van der Waals surface area contributed by atoms with E-state index in [0.717, 1.165) is 0 Å². The van der Waals surface area contributed by atoms with E-state index in [1.807, 2.05) is 20.8 Å². The summed E-state index contributed by atoms with van der Waals surface area (Å²) >= 11 is 0. The van der Waals surface area contributed by atoms with Gasteiger partial charge < -0.3 is 21.0 Å². The molecule has 1 aromatic heterocycles. The van der Waals surface area contributed by atoms with Gasteiger partial charge >= 0.3 is 5.69 Å². The number of imidazole rings is 1. The van der Waals surface area contributed by atoms with Crippen LogP contribution in [-0.2, 0) is 4.79 Å². The van der Waals surface area contributed by atoms with Gasteiger partial charge in [-0.1, -0.05) is 20.8 Å². The molecule has 6 heteroatoms. The van der Waals surface area contributed by atoms with Crippen LogP contribution in [-0.4, -0.2) is 21.9 Å². The molecule has 1 amide bonds. The number of aromatic nitrogens is 2. The zero-order valence-electron chi connectivity index (χ0n) is 11.9. The highest BCUT2D eigenvalue weighted by molar-refractivity contribution is 5.93. The Morgan fingerprint density at radius 3 is 2.60 bits per heavy atom. The molecule has 108 valence electrons. The number of anilines is 1. The van der Waals surface area contributed by atoms with Crippen LogP contribution in [0.2, 0.25) is 0 Å². The molecule has 2 aromatic rings. The van der Waals surface area contributed by atoms with Crippen LogP contribution >= 0.6 is 0 Å². The lowest BCUT2D eigenvalue weighted by atomic mass is 9.85. The Kier molecular flexibility index (Phi) is 3.67. The van der Waals surface area contributed by atoms with Crippen LogP contribution in [0.15, 0.2) is 23.0 Å². The van der Waals surface area contributed by atoms with Gasteiger partial charge in [0, 0.05) is 18.2 Å². The van der Waals surface area contributed by atoms with Crippen molar-refractivity contribution in [1.29, 1.82) is 0 Å². The van der Waals surface area contributed by atoms with Gasteiger partial charge in [-0.05, 0) is 23.6 Å². The number of aromatic amines is 2. The van der Waals surface area contributed by atoms with Gasteiger partial charge in [0.05, 0.1) is 11.0 Å². The Balaban J connectivity index is 2.08. The maximum Gasteiger partial charge on any atom is 0.323 e. The third-order valence-corrected chi connectivity index (χ3v) is 3.32. The fourth-order valence-electron chi connectivity index (χ4n) is 1.83. The second-order valence-corrected chi connectivity index (χ2v) is 6.06. The SMILES string of the molecule is CC(C)(C)C(N)CC(=O)Nc1ccc2[nH]c(=O)[nH]c2c1. The predicted molar refractivity (Wildman–Crippen MR) is 79.6 cm³/mol. The second-order valence-electron chi connectivity index (χ2n) is 6.06. The van der Waals surface area contributed by atoms with Gasteiger partial charge in [-0.15, -0.1) is 0 Å². The highest BCUT2D eigenvalue weighted by Crippen LogP contribution is 2.20. The van der Waals surface area contributed by atoms with E-state index in [4.69, 9.17) is 5.73 Å². The lowest BCUT2D eigenvalue weighted by molar-refractivity contribution is -0.117. The highest BCUT2D eigenvalue weighted by Gasteiger charge is 2.23. The van der Waals surface area contributed by atoms with Gasteiger partial charge in [0.15, 0.2) is 0 Å². The molecule has 0 fully saturated rings. The molecule has 0 saturated carbocycles. The van der Waals surface area contributed by atoms with E-state index in [9.17, 15) is 9.59 Å². The maximum absolute atomic E-state index is 11.9. The van der Waals surface area contributed by atoms with Crippen molar-refractivity contribution in [3.05, 3.63) is 28.7 Å². The second kappa shape index (κ2) is 5.13. The number of H-pyrrole nitrogens is 2. The maximum atomic E-state index is 11.9. The van der Waals surface area contributed by atoms with Gasteiger partial charge in [0.25, 0.3) is 0 Å². The Hall–Kier alpha value is -2.08. The molecule has 0 aliphatic heterocycles. The minimum Gasteiger partial charge on any atom is -0.327 e. The van der Waals surface area contributed by atoms with Crippen LogP contribution in [0.5, 0.6) is 0 Å². The van der Waals surface area contributed by atoms with Crippen molar-refractivity contribution < 1.29 is 4.79 Å². The number of benzene rings is 1. The Morgan fingerprint density at radius 1 is 1.30 bits per heavy atom. The van der Waals surface area contributed by atoms with Gasteiger partial charge in [0.2, 0.25) is 5.91 Å². The van der Waals surface area contributed by atoms with E-state index in [0.29, 0.717) is 16.7 Å². The van der Waals surface area contributed by atoms with Crippen molar-refractivity contribution in [2.45, 2.75) is 33.2 Å². The lowest BCUT2D eigenvalue weighted by Crippen LogP contribution is -2.38. The molecule has 0 radical (unpaired) electrons. The minimum absolute atomic E-state index is 0.118. The first-order valence-electron chi connectivity index (χ1n) is 6.53. The van der Waals surface area contributed by atoms with Gasteiger partial charge in [-0.25, -0.2) is 4.79 Å². The monoisotopic (exact) mass is 276 g/mol. The summed E-state index contributed by atoms with van der Waals surface area (Å²) in [7, 11) is 0. The van der Waals surface area contributed by atoms with Crippen LogP contribution < -0.4 is 16.7 Å². The fraction of sp³-hybridized carbons (Fsp3) is 0.429. The molecule has 1 aromatic carbocycles. The predicted octanol–water partition coefficient (Wildman–Crippen LogP) is 1.56. The highest BCUT2D eigenvalue weighted by atomic mass is 16.1. The molecule has 1 heterocycles. The molecule has 5 N–H and O–H groups in total. The topological polar surface area (TPSA) is 104 Å². The summed E-state index contributed by atoms with van der Waals surface area (Å²) in [6.07, 6.45) is 0.255. The Bertz CT molecular complexity index is 678. The molecule has 1 atom stereocenters. The van der Waals surface area contributed by atoms with Crippen molar-refractivity contribution in [3.63, 3.8) is 0 Å². The van der Waals surface area contributed by atoms with Crippen molar-refractivity contribution in [2.75, 3.05) is 5.32 Å². The number of carbonyl (C=O) groups excluding carboxylic acids is 1. The van der Waals surface area contributed by atoms with Gasteiger partial charge in [-0.3, -0.25) is 4.79 Å². The fourth-order valence-corrected chi connectivity index (χ4v) is 1.83. The molecule has 0 spiro atoms. The van der Waals surface area contributed by atoms with Crippen LogP contribution in [0, 0.1) is 5.41 Å². The minimum atomic E-state index is -0.266. The van der Waals surface area contributed by atoms with E-state index >= 15 is 0 Å². The van der Waals surface area contributed by atoms with E-state index in [1.54, 1.807) is 18.2 Å². The van der Waals surface area contributed by atoms with Crippen LogP contribution in [0.3, 0.4) is 0 Å². The molecular formula is C14H20N4O2. The molecule has 0 bridgehead atoms. The summed E-state index contributed by atoms with van der Waals surface area (Å²) < 4.78 is 0. The summed E-state index contributed by atoms with van der Waals surface area (Å²) in [4.78, 5) is 28.4. The van der Waals surface area contributed by atoms with Gasteiger partial charge in [0.1, 0.15) is 0 Å². The van der Waals surface area contributed by atoms with Crippen LogP contribution in [0.4, 0.5) is 5.69 Å². The number of amides is 1. The smallest absolute Gasteiger partial charge is 0.323 e. The standard InChI is InChI=1S/C14H20N4O2/c1-14(2,3)11(15)7-12(19)16-8-4-5-9-10(6-8)18-13(20)17-9/h4-6,11H,7,15H2,1-3H3,(H,16,19)(H2,17,18,20). The zero-order chi connectivity index (χ0) is 14.9. The zero-order valence-corrected chi connectivity index (χ0v) is 11.9. The molecule has 1 unspecified atom stereocenters. The number of fused-ring (bicyclic) bond motifs is 1. The van der Waals surface area contributed by atoms with Crippen LogP contribution in [0.25, 0.3) is 11.0 Å². The number of carbonyl (C=O) groups is 1. The van der Waals surface area contributed by atoms with E-state index in [-0.39, 0.29) is 29.5 Å². The summed E-state index contributed by atoms with van der Waals surface area (Å²) in [6.45, 7) is 6.00. The van der Waals surface area contributed by atoms with E-state index in [2.05, 4.69) is 15.3 Å². The van der Waals surface area contributed by atoms with E-state index in [1.165, 1.54) is 0 Å². The molecule has 0 saturated heterocycles. The summed E-state index contributed by atoms with van der Waals surface area (Å²) in [5.41, 5.74) is 7.61. The quantitative estimate of drug-likeness (QED) is 0.683. The Morgan fingerprint density at radius 2 is 1.95 bits per heavy atom. The number of hydrogen-bond donors (Lipinski definition) is 4. The van der Waals surface area contributed by atoms with E-state index < -0.39 is 0 Å². The first-order chi connectivity index (χ1) is 9.25. The van der Waals surface area contributed by atoms with Crippen molar-refractivity contribution in [2.24, 2.45) is 11.1 Å². The summed E-state index contributed by atoms with van der Waals surface area (Å²) in [6, 6.07) is 4.99. The first kappa shape index (κ1) is 14.3. The summed E-state index contributed by atoms with van der Waals surface area (Å²) in [5, 5.41) is 2.79. The number of hydrogen-bond acceptors (Lipinski definition) is 3. The van der Waals surface area contributed by atoms with Crippen molar-refractivity contribution >= 4 is 22.6 Å². The number of nitrogens with one attached hydrogen (secondary N) is 3. The first-order valence-corrected chi connectivity index (χ1v) is 6.53. The third-order valence-electron chi connectivity index (χ3n) is 3.32. The third kappa shape index (κ3) is 3.27. The molecule has 2 rings (SSSR count). The van der Waals surface area contributed by atoms with Crippen LogP contribution in [0.1, 0.15) is 27.2 Å². The molecule has 0 aliphatic carbocycles. The normalized spacial score (nSPS) is 13.4. The van der Waals surface area contributed by atoms with Crippen molar-refractivity contribution in [1.82, 2.24) is 9.97 Å². The average molecular weight is 276 g/mol. The summed E-state index contributed by atoms with van der Waals surface area (Å²) in [5.74, 6) is -0.135. The molecule has 6 nitrogen and oxygen atoms in total. The van der Waals surface area contributed by atoms with Crippen molar-refractivity contribution in [3.8, 4) is 0 Å². The van der Waals surface area contributed by atoms with Gasteiger partial charge in [-0.2, -0.15) is 0 Å². The molecule has 0 aliphatic rings. The average Bonchev–Trinajstić information content (AvgIpc) is 2.66. The largest absolute Gasteiger partial charge is 0.327 e. The Labute approximate surface area is 116 Å². The molecular weight excluding hydrogens is 256 g/mol. The number of rotatable bonds is 3. The number of nitrogens with two attached hydrogens (primary N) is 1.